The minimum atomic E-state index is -1.75. The quantitative estimate of drug-likeness (QED) is 0.212. The number of halogens is 1. The van der Waals surface area contributed by atoms with Crippen LogP contribution in [0.1, 0.15) is 24.2 Å². The number of nitrogens with zero attached hydrogens (tertiary/aromatic N) is 8. The van der Waals surface area contributed by atoms with E-state index < -0.39 is 27.3 Å². The Hall–Kier alpha value is -4.89. The third-order valence-electron chi connectivity index (χ3n) is 8.25. The predicted octanol–water partition coefficient (Wildman–Crippen LogP) is 5.78. The number of rotatable bonds is 7. The number of pyridine rings is 3. The summed E-state index contributed by atoms with van der Waals surface area (Å²) >= 11 is -1.75. The summed E-state index contributed by atoms with van der Waals surface area (Å²) in [7, 11) is 0. The van der Waals surface area contributed by atoms with E-state index in [0.29, 0.717) is 45.8 Å². The molecule has 220 valence electrons. The number of imidazole rings is 1. The van der Waals surface area contributed by atoms with Gasteiger partial charge in [-0.25, -0.2) is 4.39 Å². The zero-order chi connectivity index (χ0) is 30.8. The van der Waals surface area contributed by atoms with E-state index in [2.05, 4.69) is 49.5 Å². The van der Waals surface area contributed by atoms with Gasteiger partial charge in [-0.3, -0.25) is 0 Å². The molecule has 7 rings (SSSR count). The van der Waals surface area contributed by atoms with Crippen molar-refractivity contribution >= 4 is 44.2 Å². The number of nitrogen functional groups attached to an aromatic ring is 1. The molecule has 0 atom stereocenters. The summed E-state index contributed by atoms with van der Waals surface area (Å²) in [6, 6.07) is 23.4. The van der Waals surface area contributed by atoms with Gasteiger partial charge in [0.15, 0.2) is 0 Å². The van der Waals surface area contributed by atoms with E-state index in [4.69, 9.17) is 21.0 Å². The van der Waals surface area contributed by atoms with E-state index in [1.165, 1.54) is 30.4 Å². The molecule has 1 aliphatic rings. The summed E-state index contributed by atoms with van der Waals surface area (Å²) < 4.78 is 19.4. The van der Waals surface area contributed by atoms with Crippen molar-refractivity contribution in [1.82, 2.24) is 34.5 Å². The second-order valence-corrected chi connectivity index (χ2v) is 20.6. The molecule has 1 aromatic carbocycles. The number of nitriles is 1. The van der Waals surface area contributed by atoms with Crippen LogP contribution in [0.2, 0.25) is 8.35 Å². The van der Waals surface area contributed by atoms with Gasteiger partial charge in [0.05, 0.1) is 0 Å². The molecule has 0 saturated carbocycles. The molecule has 6 aromatic rings. The molecular weight excluding hydrogens is 670 g/mol. The molecule has 0 radical (unpaired) electrons. The van der Waals surface area contributed by atoms with Gasteiger partial charge in [-0.15, -0.1) is 0 Å². The fourth-order valence-corrected chi connectivity index (χ4v) is 15.6. The van der Waals surface area contributed by atoms with Gasteiger partial charge in [-0.2, -0.15) is 0 Å². The molecule has 1 fully saturated rings. The summed E-state index contributed by atoms with van der Waals surface area (Å²) in [6.45, 7) is 0. The summed E-state index contributed by atoms with van der Waals surface area (Å²) in [5.41, 5.74) is 11.8. The van der Waals surface area contributed by atoms with Crippen LogP contribution in [-0.2, 0) is 4.18 Å². The standard InChI is InChI=1S/C23H16FN6.C10H12N4.In/c1-14-4-7-16(8-5-14)30-22(17-3-2-12-26-21(17)25)29-20-11-10-19(28-23(20)30)18-9-6-15(24)13-27-18;1-3-8(4-2)13-9-5-6-12-10(7-11)14-9;/h2-13H,1H2,(H2,25,26);5-6,8H,1-4H2,(H,12,13,14);. The first-order valence-corrected chi connectivity index (χ1v) is 21.8. The van der Waals surface area contributed by atoms with E-state index in [1.807, 2.05) is 41.0 Å². The second kappa shape index (κ2) is 12.6. The number of fused-ring (bicyclic) bond motifs is 1. The molecule has 0 bridgehead atoms. The molecule has 3 N–H and O–H groups in total. The van der Waals surface area contributed by atoms with Crippen molar-refractivity contribution in [3.05, 3.63) is 103 Å². The van der Waals surface area contributed by atoms with Gasteiger partial charge < -0.3 is 0 Å². The van der Waals surface area contributed by atoms with Crippen LogP contribution in [0, 0.1) is 17.1 Å². The van der Waals surface area contributed by atoms with Gasteiger partial charge >= 0.3 is 258 Å². The number of nitrogens with two attached hydrogens (primary N) is 1. The Morgan fingerprint density at radius 1 is 0.911 bits per heavy atom. The number of aromatic nitrogens is 7. The van der Waals surface area contributed by atoms with Crippen LogP contribution >= 0.6 is 0 Å². The molecule has 1 aliphatic heterocycles. The Morgan fingerprint density at radius 2 is 1.73 bits per heavy atom. The third kappa shape index (κ3) is 6.21. The molecule has 12 heteroatoms. The Bertz CT molecular complexity index is 2010. The van der Waals surface area contributed by atoms with Crippen molar-refractivity contribution in [2.24, 2.45) is 0 Å². The summed E-state index contributed by atoms with van der Waals surface area (Å²) in [4.78, 5) is 26.6. The zero-order valence-corrected chi connectivity index (χ0v) is 27.6. The normalized spacial score (nSPS) is 13.6. The molecule has 0 aliphatic carbocycles. The van der Waals surface area contributed by atoms with E-state index in [1.54, 1.807) is 18.5 Å². The van der Waals surface area contributed by atoms with Crippen LogP contribution in [0.15, 0.2) is 85.3 Å². The molecule has 5 aromatic heterocycles. The zero-order valence-electron chi connectivity index (χ0n) is 24.3. The van der Waals surface area contributed by atoms with Gasteiger partial charge in [-0.05, 0) is 0 Å². The molecule has 0 spiro atoms. The Labute approximate surface area is 266 Å². The monoisotopic (exact) mass is 698 g/mol. The van der Waals surface area contributed by atoms with E-state index in [-0.39, 0.29) is 5.82 Å². The average Bonchev–Trinajstić information content (AvgIpc) is 3.45. The number of hydrogen-bond donors (Lipinski definition) is 2. The molecule has 6 heterocycles. The number of hydrogen-bond acceptors (Lipinski definition) is 9. The number of anilines is 2. The van der Waals surface area contributed by atoms with Crippen molar-refractivity contribution in [2.45, 2.75) is 31.4 Å². The molecule has 0 amide bonds. The summed E-state index contributed by atoms with van der Waals surface area (Å²) in [5, 5.41) is 12.6. The molecular formula is C33H28FInN10. The average molecular weight is 698 g/mol. The first-order chi connectivity index (χ1) is 22.0. The van der Waals surface area contributed by atoms with Gasteiger partial charge in [0, 0.05) is 0 Å². The van der Waals surface area contributed by atoms with E-state index in [9.17, 15) is 4.39 Å². The van der Waals surface area contributed by atoms with Crippen LogP contribution in [-0.4, -0.2) is 62.0 Å². The van der Waals surface area contributed by atoms with Gasteiger partial charge in [0.1, 0.15) is 5.82 Å². The van der Waals surface area contributed by atoms with Crippen molar-refractivity contribution in [1.29, 1.82) is 5.26 Å². The number of nitrogens with one attached hydrogen (secondary N) is 1. The molecule has 10 nitrogen and oxygen atoms in total. The first-order valence-electron chi connectivity index (χ1n) is 14.9. The Morgan fingerprint density at radius 3 is 2.49 bits per heavy atom. The summed E-state index contributed by atoms with van der Waals surface area (Å²) in [6.07, 6.45) is 6.75. The van der Waals surface area contributed by atoms with Crippen LogP contribution in [0.5, 0.6) is 0 Å². The molecule has 1 saturated heterocycles. The second-order valence-electron chi connectivity index (χ2n) is 11.2. The topological polar surface area (TPSA) is 144 Å². The Balaban J connectivity index is 1.13. The van der Waals surface area contributed by atoms with Crippen LogP contribution in [0.3, 0.4) is 0 Å². The van der Waals surface area contributed by atoms with Gasteiger partial charge in [0.25, 0.3) is 0 Å². The SMILES string of the molecule is N#Cc1nccc(NC2C[CH2][In]([CH2]c3ccc(-n4c(-c5cccnc5N)nc5ccc(-c6ccc(F)cn6)nc54)cc3)[CH2]C2)n1. The van der Waals surface area contributed by atoms with Crippen molar-refractivity contribution in [2.75, 3.05) is 11.1 Å². The summed E-state index contributed by atoms with van der Waals surface area (Å²) in [5.74, 6) is 1.56. The first kappa shape index (κ1) is 28.9. The van der Waals surface area contributed by atoms with Crippen LogP contribution < -0.4 is 11.1 Å². The van der Waals surface area contributed by atoms with E-state index in [0.717, 1.165) is 24.3 Å². The Kier molecular flexibility index (Phi) is 8.09. The van der Waals surface area contributed by atoms with E-state index >= 15 is 0 Å². The minimum absolute atomic E-state index is 0.192. The van der Waals surface area contributed by atoms with Crippen LogP contribution in [0.4, 0.5) is 16.0 Å². The van der Waals surface area contributed by atoms with Crippen LogP contribution in [0.25, 0.3) is 39.6 Å². The molecule has 45 heavy (non-hydrogen) atoms. The fourth-order valence-electron chi connectivity index (χ4n) is 5.99. The van der Waals surface area contributed by atoms with Crippen molar-refractivity contribution in [3.63, 3.8) is 0 Å². The van der Waals surface area contributed by atoms with Gasteiger partial charge in [0.2, 0.25) is 0 Å². The molecule has 0 unspecified atom stereocenters. The maximum atomic E-state index is 13.5. The third-order valence-corrected chi connectivity index (χ3v) is 17.8. The van der Waals surface area contributed by atoms with Crippen molar-refractivity contribution < 1.29 is 4.39 Å². The predicted molar refractivity (Wildman–Crippen MR) is 172 cm³/mol. The van der Waals surface area contributed by atoms with Crippen molar-refractivity contribution in [3.8, 4) is 34.5 Å². The van der Waals surface area contributed by atoms with Gasteiger partial charge in [-0.1, -0.05) is 0 Å². The maximum absolute atomic E-state index is 13.5. The number of benzene rings is 1. The fraction of sp³-hybridized carbons (Fsp3) is 0.182.